The van der Waals surface area contributed by atoms with Crippen LogP contribution in [0.3, 0.4) is 0 Å². The molecule has 0 radical (unpaired) electrons. The highest BCUT2D eigenvalue weighted by atomic mass is 32.1. The van der Waals surface area contributed by atoms with Crippen molar-refractivity contribution in [3.63, 3.8) is 0 Å². The Morgan fingerprint density at radius 1 is 1.12 bits per heavy atom. The fraction of sp³-hybridized carbons (Fsp3) is 0.773. The summed E-state index contributed by atoms with van der Waals surface area (Å²) in [6.07, 6.45) is 10.2. The van der Waals surface area contributed by atoms with Gasteiger partial charge in [-0.25, -0.2) is 0 Å². The van der Waals surface area contributed by atoms with Gasteiger partial charge in [-0.1, -0.05) is 0 Å². The SMILES string of the molecule is O=C(NCC1CCN(Cc2ccsc2)CC1)C12CC3CC(CC(C3)C1)C2. The fourth-order valence-corrected chi connectivity index (χ4v) is 7.46. The Kier molecular flexibility index (Phi) is 4.60. The van der Waals surface area contributed by atoms with E-state index < -0.39 is 0 Å². The van der Waals surface area contributed by atoms with Crippen LogP contribution in [0.2, 0.25) is 0 Å². The lowest BCUT2D eigenvalue weighted by Crippen LogP contribution is -2.54. The first kappa shape index (κ1) is 17.2. The number of amides is 1. The van der Waals surface area contributed by atoms with Crippen LogP contribution in [0, 0.1) is 29.1 Å². The molecule has 3 nitrogen and oxygen atoms in total. The van der Waals surface area contributed by atoms with Crippen molar-refractivity contribution in [3.05, 3.63) is 22.4 Å². The van der Waals surface area contributed by atoms with Gasteiger partial charge in [0.05, 0.1) is 0 Å². The van der Waals surface area contributed by atoms with E-state index >= 15 is 0 Å². The molecule has 4 aliphatic carbocycles. The molecule has 142 valence electrons. The summed E-state index contributed by atoms with van der Waals surface area (Å²) >= 11 is 1.79. The molecule has 0 aromatic carbocycles. The van der Waals surface area contributed by atoms with E-state index in [4.69, 9.17) is 0 Å². The minimum atomic E-state index is 0.0222. The predicted octanol–water partition coefficient (Wildman–Crippen LogP) is 4.29. The standard InChI is InChI=1S/C22H32N2OS/c25-21(22-10-18-7-19(11-22)9-20(8-18)12-22)23-13-16-1-4-24(5-2-16)14-17-3-6-26-15-17/h3,6,15-16,18-20H,1-2,4-5,7-14H2,(H,23,25). The molecule has 1 aliphatic heterocycles. The van der Waals surface area contributed by atoms with E-state index in [1.165, 1.54) is 70.0 Å². The Balaban J connectivity index is 1.10. The lowest BCUT2D eigenvalue weighted by Gasteiger charge is -2.55. The lowest BCUT2D eigenvalue weighted by molar-refractivity contribution is -0.146. The number of carbonyl (C=O) groups is 1. The largest absolute Gasteiger partial charge is 0.355 e. The van der Waals surface area contributed by atoms with Crippen LogP contribution in [0.1, 0.15) is 56.9 Å². The number of hydrogen-bond donors (Lipinski definition) is 1. The monoisotopic (exact) mass is 372 g/mol. The molecule has 1 saturated heterocycles. The number of hydrogen-bond acceptors (Lipinski definition) is 3. The number of piperidine rings is 1. The van der Waals surface area contributed by atoms with E-state index in [1.54, 1.807) is 11.3 Å². The molecule has 6 rings (SSSR count). The molecule has 1 aromatic heterocycles. The second-order valence-electron chi connectivity index (χ2n) is 9.76. The van der Waals surface area contributed by atoms with Crippen molar-refractivity contribution in [2.45, 2.75) is 57.9 Å². The Morgan fingerprint density at radius 3 is 2.35 bits per heavy atom. The van der Waals surface area contributed by atoms with Crippen LogP contribution < -0.4 is 5.32 Å². The van der Waals surface area contributed by atoms with Crippen LogP contribution in [0.25, 0.3) is 0 Å². The molecule has 5 aliphatic rings. The van der Waals surface area contributed by atoms with E-state index in [0.29, 0.717) is 11.8 Å². The number of nitrogens with zero attached hydrogens (tertiary/aromatic N) is 1. The van der Waals surface area contributed by atoms with Crippen LogP contribution >= 0.6 is 11.3 Å². The van der Waals surface area contributed by atoms with Gasteiger partial charge in [-0.15, -0.1) is 0 Å². The zero-order valence-corrected chi connectivity index (χ0v) is 16.6. The molecule has 0 spiro atoms. The number of thiophene rings is 1. The second-order valence-corrected chi connectivity index (χ2v) is 10.5. The minimum Gasteiger partial charge on any atom is -0.355 e. The maximum atomic E-state index is 13.1. The maximum absolute atomic E-state index is 13.1. The van der Waals surface area contributed by atoms with Gasteiger partial charge in [-0.2, -0.15) is 11.3 Å². The van der Waals surface area contributed by atoms with Crippen molar-refractivity contribution < 1.29 is 4.79 Å². The Bertz CT molecular complexity index is 597. The normalized spacial score (nSPS) is 37.2. The summed E-state index contributed by atoms with van der Waals surface area (Å²) in [4.78, 5) is 15.7. The van der Waals surface area contributed by atoms with E-state index in [9.17, 15) is 4.79 Å². The fourth-order valence-electron chi connectivity index (χ4n) is 6.80. The first-order valence-electron chi connectivity index (χ1n) is 10.7. The van der Waals surface area contributed by atoms with Crippen LogP contribution in [0.15, 0.2) is 16.8 Å². The van der Waals surface area contributed by atoms with Crippen LogP contribution in [0.5, 0.6) is 0 Å². The molecular weight excluding hydrogens is 340 g/mol. The molecule has 1 amide bonds. The molecule has 1 N–H and O–H groups in total. The van der Waals surface area contributed by atoms with E-state index in [1.807, 2.05) is 0 Å². The van der Waals surface area contributed by atoms with Crippen molar-refractivity contribution in [2.24, 2.45) is 29.1 Å². The van der Waals surface area contributed by atoms with E-state index in [2.05, 4.69) is 27.0 Å². The third-order valence-electron chi connectivity index (χ3n) is 7.76. The summed E-state index contributed by atoms with van der Waals surface area (Å²) in [5.74, 6) is 3.65. The number of nitrogens with one attached hydrogen (secondary N) is 1. The molecule has 5 fully saturated rings. The molecular formula is C22H32N2OS. The maximum Gasteiger partial charge on any atom is 0.226 e. The summed E-state index contributed by atoms with van der Waals surface area (Å²) in [6, 6.07) is 2.24. The quantitative estimate of drug-likeness (QED) is 0.836. The summed E-state index contributed by atoms with van der Waals surface area (Å²) in [7, 11) is 0. The predicted molar refractivity (Wildman–Crippen MR) is 106 cm³/mol. The van der Waals surface area contributed by atoms with Crippen molar-refractivity contribution in [3.8, 4) is 0 Å². The topological polar surface area (TPSA) is 32.3 Å². The first-order valence-corrected chi connectivity index (χ1v) is 11.6. The van der Waals surface area contributed by atoms with E-state index in [0.717, 1.165) is 30.8 Å². The third-order valence-corrected chi connectivity index (χ3v) is 8.50. The summed E-state index contributed by atoms with van der Waals surface area (Å²) in [6.45, 7) is 4.35. The number of rotatable bonds is 5. The highest BCUT2D eigenvalue weighted by Crippen LogP contribution is 2.60. The van der Waals surface area contributed by atoms with Crippen molar-refractivity contribution in [1.82, 2.24) is 10.2 Å². The zero-order chi connectivity index (χ0) is 17.6. The van der Waals surface area contributed by atoms with Gasteiger partial charge in [-0.05, 0) is 111 Å². The second kappa shape index (κ2) is 6.94. The van der Waals surface area contributed by atoms with Crippen LogP contribution in [-0.2, 0) is 11.3 Å². The van der Waals surface area contributed by atoms with Crippen LogP contribution in [0.4, 0.5) is 0 Å². The van der Waals surface area contributed by atoms with Gasteiger partial charge in [0.15, 0.2) is 0 Å². The smallest absolute Gasteiger partial charge is 0.226 e. The highest BCUT2D eigenvalue weighted by molar-refractivity contribution is 7.07. The molecule has 0 unspecified atom stereocenters. The Hall–Kier alpha value is -0.870. The van der Waals surface area contributed by atoms with Gasteiger partial charge >= 0.3 is 0 Å². The third kappa shape index (κ3) is 3.35. The lowest BCUT2D eigenvalue weighted by atomic mass is 9.49. The van der Waals surface area contributed by atoms with Crippen LogP contribution in [-0.4, -0.2) is 30.4 Å². The zero-order valence-electron chi connectivity index (χ0n) is 15.8. The molecule has 0 atom stereocenters. The van der Waals surface area contributed by atoms with Gasteiger partial charge in [0, 0.05) is 18.5 Å². The molecule has 4 heteroatoms. The number of carbonyl (C=O) groups excluding carboxylic acids is 1. The summed E-state index contributed by atoms with van der Waals surface area (Å²) in [5, 5.41) is 7.84. The van der Waals surface area contributed by atoms with E-state index in [-0.39, 0.29) is 5.41 Å². The minimum absolute atomic E-state index is 0.0222. The first-order chi connectivity index (χ1) is 12.7. The molecule has 1 aromatic rings. The van der Waals surface area contributed by atoms with Crippen molar-refractivity contribution in [2.75, 3.05) is 19.6 Å². The van der Waals surface area contributed by atoms with Gasteiger partial charge in [0.25, 0.3) is 0 Å². The molecule has 4 saturated carbocycles. The van der Waals surface area contributed by atoms with Gasteiger partial charge in [-0.3, -0.25) is 9.69 Å². The Labute approximate surface area is 161 Å². The van der Waals surface area contributed by atoms with Gasteiger partial charge in [0.2, 0.25) is 5.91 Å². The highest BCUT2D eigenvalue weighted by Gasteiger charge is 2.54. The average molecular weight is 373 g/mol. The van der Waals surface area contributed by atoms with Crippen molar-refractivity contribution in [1.29, 1.82) is 0 Å². The summed E-state index contributed by atoms with van der Waals surface area (Å²) < 4.78 is 0. The van der Waals surface area contributed by atoms with Gasteiger partial charge in [0.1, 0.15) is 0 Å². The van der Waals surface area contributed by atoms with Gasteiger partial charge < -0.3 is 5.32 Å². The average Bonchev–Trinajstić information content (AvgIpc) is 3.13. The Morgan fingerprint density at radius 2 is 1.77 bits per heavy atom. The van der Waals surface area contributed by atoms with Crippen molar-refractivity contribution >= 4 is 17.2 Å². The molecule has 4 bridgehead atoms. The number of likely N-dealkylation sites (tertiary alicyclic amines) is 1. The molecule has 26 heavy (non-hydrogen) atoms. The summed E-state index contributed by atoms with van der Waals surface area (Å²) in [5.41, 5.74) is 1.47. The molecule has 2 heterocycles.